The second kappa shape index (κ2) is 11.5. The van der Waals surface area contributed by atoms with Crippen molar-refractivity contribution in [3.05, 3.63) is 65.2 Å². The Morgan fingerprint density at radius 1 is 0.941 bits per heavy atom. The first-order chi connectivity index (χ1) is 15.8. The predicted octanol–water partition coefficient (Wildman–Crippen LogP) is 3.83. The van der Waals surface area contributed by atoms with E-state index in [9.17, 15) is 18.0 Å². The summed E-state index contributed by atoms with van der Waals surface area (Å²) in [5.74, 6) is -0.671. The van der Waals surface area contributed by atoms with Gasteiger partial charge in [0.15, 0.2) is 0 Å². The van der Waals surface area contributed by atoms with Gasteiger partial charge in [0.1, 0.15) is 12.6 Å². The van der Waals surface area contributed by atoms with Crippen LogP contribution in [0.15, 0.2) is 48.5 Å². The fourth-order valence-corrected chi connectivity index (χ4v) is 4.54. The third kappa shape index (κ3) is 7.32. The highest BCUT2D eigenvalue weighted by atomic mass is 32.2. The lowest BCUT2D eigenvalue weighted by molar-refractivity contribution is -0.139. The minimum atomic E-state index is -3.76. The summed E-state index contributed by atoms with van der Waals surface area (Å²) in [5.41, 5.74) is 3.25. The van der Waals surface area contributed by atoms with E-state index in [4.69, 9.17) is 0 Å². The lowest BCUT2D eigenvalue weighted by Crippen LogP contribution is -2.52. The number of sulfonamides is 1. The number of rotatable bonds is 10. The average molecular weight is 488 g/mol. The third-order valence-electron chi connectivity index (χ3n) is 5.58. The van der Waals surface area contributed by atoms with Gasteiger partial charge in [-0.25, -0.2) is 8.42 Å². The van der Waals surface area contributed by atoms with Crippen molar-refractivity contribution < 1.29 is 18.0 Å². The summed E-state index contributed by atoms with van der Waals surface area (Å²) in [7, 11) is -3.76. The van der Waals surface area contributed by atoms with Crippen LogP contribution in [0.1, 0.15) is 57.2 Å². The molecule has 0 radical (unpaired) electrons. The van der Waals surface area contributed by atoms with E-state index in [1.165, 1.54) is 4.90 Å². The van der Waals surface area contributed by atoms with E-state index in [-0.39, 0.29) is 24.4 Å². The highest BCUT2D eigenvalue weighted by Crippen LogP contribution is 2.29. The lowest BCUT2D eigenvalue weighted by atomic mass is 10.0. The maximum Gasteiger partial charge on any atom is 0.244 e. The van der Waals surface area contributed by atoms with E-state index in [0.29, 0.717) is 5.69 Å². The highest BCUT2D eigenvalue weighted by molar-refractivity contribution is 7.92. The number of carbonyl (C=O) groups excluding carboxylic acids is 2. The molecule has 8 heteroatoms. The Hall–Kier alpha value is -2.87. The van der Waals surface area contributed by atoms with Gasteiger partial charge in [0.25, 0.3) is 0 Å². The summed E-state index contributed by atoms with van der Waals surface area (Å²) in [6.07, 6.45) is 1.09. The average Bonchev–Trinajstić information content (AvgIpc) is 2.75. The number of hydrogen-bond donors (Lipinski definition) is 1. The summed E-state index contributed by atoms with van der Waals surface area (Å²) in [6.45, 7) is 11.1. The van der Waals surface area contributed by atoms with Gasteiger partial charge in [-0.05, 0) is 50.8 Å². The number of nitrogens with one attached hydrogen (secondary N) is 1. The van der Waals surface area contributed by atoms with Crippen LogP contribution in [-0.2, 0) is 26.2 Å². The lowest BCUT2D eigenvalue weighted by Gasteiger charge is -2.32. The first-order valence-corrected chi connectivity index (χ1v) is 13.4. The van der Waals surface area contributed by atoms with Crippen LogP contribution in [0.25, 0.3) is 0 Å². The molecule has 0 spiro atoms. The molecule has 0 aliphatic carbocycles. The topological polar surface area (TPSA) is 86.8 Å². The van der Waals surface area contributed by atoms with Crippen LogP contribution in [0.3, 0.4) is 0 Å². The molecule has 1 atom stereocenters. The largest absolute Gasteiger partial charge is 0.352 e. The van der Waals surface area contributed by atoms with Gasteiger partial charge in [-0.3, -0.25) is 13.9 Å². The molecule has 34 heavy (non-hydrogen) atoms. The fraction of sp³-hybridized carbons (Fsp3) is 0.462. The number of carbonyl (C=O) groups is 2. The molecule has 1 unspecified atom stereocenters. The number of nitrogens with zero attached hydrogens (tertiary/aromatic N) is 2. The van der Waals surface area contributed by atoms with Crippen LogP contribution in [0, 0.1) is 6.92 Å². The van der Waals surface area contributed by atoms with Gasteiger partial charge < -0.3 is 10.2 Å². The predicted molar refractivity (Wildman–Crippen MR) is 137 cm³/mol. The molecule has 1 N–H and O–H groups in total. The van der Waals surface area contributed by atoms with E-state index in [1.54, 1.807) is 19.1 Å². The van der Waals surface area contributed by atoms with Gasteiger partial charge in [0.05, 0.1) is 11.9 Å². The number of amides is 2. The zero-order valence-electron chi connectivity index (χ0n) is 21.2. The maximum absolute atomic E-state index is 13.6. The van der Waals surface area contributed by atoms with E-state index >= 15 is 0 Å². The fourth-order valence-electron chi connectivity index (χ4n) is 3.68. The molecule has 2 amide bonds. The standard InChI is InChI=1S/C26H37N3O4S/c1-18(2)23-10-8-9-11-24(23)29(34(7,32)33)17-25(30)28(21(6)26(31)27-19(3)4)16-22-14-12-20(5)13-15-22/h8-15,18-19,21H,16-17H2,1-7H3,(H,27,31). The van der Waals surface area contributed by atoms with Gasteiger partial charge in [0.2, 0.25) is 21.8 Å². The molecule has 0 bridgehead atoms. The summed E-state index contributed by atoms with van der Waals surface area (Å²) >= 11 is 0. The number of aryl methyl sites for hydroxylation is 1. The van der Waals surface area contributed by atoms with Crippen molar-refractivity contribution >= 4 is 27.5 Å². The van der Waals surface area contributed by atoms with Gasteiger partial charge >= 0.3 is 0 Å². The molecule has 0 saturated heterocycles. The molecule has 2 rings (SSSR count). The number of benzene rings is 2. The third-order valence-corrected chi connectivity index (χ3v) is 6.70. The summed E-state index contributed by atoms with van der Waals surface area (Å²) in [6, 6.07) is 14.0. The van der Waals surface area contributed by atoms with Crippen LogP contribution < -0.4 is 9.62 Å². The quantitative estimate of drug-likeness (QED) is 0.552. The van der Waals surface area contributed by atoms with E-state index in [2.05, 4.69) is 5.32 Å². The van der Waals surface area contributed by atoms with Crippen molar-refractivity contribution in [1.82, 2.24) is 10.2 Å². The van der Waals surface area contributed by atoms with Gasteiger partial charge in [-0.2, -0.15) is 0 Å². The summed E-state index contributed by atoms with van der Waals surface area (Å²) in [4.78, 5) is 27.8. The molecule has 0 fully saturated rings. The van der Waals surface area contributed by atoms with E-state index < -0.39 is 28.5 Å². The Morgan fingerprint density at radius 3 is 2.06 bits per heavy atom. The smallest absolute Gasteiger partial charge is 0.244 e. The number of para-hydroxylation sites is 1. The molecule has 0 aromatic heterocycles. The van der Waals surface area contributed by atoms with Crippen LogP contribution in [0.4, 0.5) is 5.69 Å². The second-order valence-electron chi connectivity index (χ2n) is 9.33. The highest BCUT2D eigenvalue weighted by Gasteiger charge is 2.31. The van der Waals surface area contributed by atoms with Gasteiger partial charge in [0, 0.05) is 12.6 Å². The molecule has 7 nitrogen and oxygen atoms in total. The SMILES string of the molecule is Cc1ccc(CN(C(=O)CN(c2ccccc2C(C)C)S(C)(=O)=O)C(C)C(=O)NC(C)C)cc1. The Kier molecular flexibility index (Phi) is 9.27. The molecule has 2 aromatic carbocycles. The minimum absolute atomic E-state index is 0.0648. The van der Waals surface area contributed by atoms with E-state index in [0.717, 1.165) is 27.3 Å². The molecule has 186 valence electrons. The zero-order valence-corrected chi connectivity index (χ0v) is 22.0. The zero-order chi connectivity index (χ0) is 25.6. The van der Waals surface area contributed by atoms with Crippen molar-refractivity contribution in [1.29, 1.82) is 0 Å². The Bertz CT molecular complexity index is 1100. The molecular weight excluding hydrogens is 450 g/mol. The van der Waals surface area contributed by atoms with Crippen molar-refractivity contribution in [2.45, 2.75) is 66.1 Å². The van der Waals surface area contributed by atoms with Gasteiger partial charge in [-0.1, -0.05) is 61.9 Å². The molecule has 0 saturated carbocycles. The molecule has 2 aromatic rings. The maximum atomic E-state index is 13.6. The van der Waals surface area contributed by atoms with Crippen LogP contribution >= 0.6 is 0 Å². The number of hydrogen-bond acceptors (Lipinski definition) is 4. The Labute approximate surface area is 204 Å². The first kappa shape index (κ1) is 27.4. The summed E-state index contributed by atoms with van der Waals surface area (Å²) in [5, 5.41) is 2.85. The Balaban J connectivity index is 2.45. The van der Waals surface area contributed by atoms with Gasteiger partial charge in [-0.15, -0.1) is 0 Å². The minimum Gasteiger partial charge on any atom is -0.352 e. The Morgan fingerprint density at radius 2 is 1.53 bits per heavy atom. The van der Waals surface area contributed by atoms with Crippen molar-refractivity contribution in [2.75, 3.05) is 17.1 Å². The molecular formula is C26H37N3O4S. The van der Waals surface area contributed by atoms with Crippen molar-refractivity contribution in [3.8, 4) is 0 Å². The number of anilines is 1. The normalized spacial score (nSPS) is 12.5. The second-order valence-corrected chi connectivity index (χ2v) is 11.2. The summed E-state index contributed by atoms with van der Waals surface area (Å²) < 4.78 is 26.7. The molecule has 0 heterocycles. The monoisotopic (exact) mass is 487 g/mol. The van der Waals surface area contributed by atoms with Crippen molar-refractivity contribution in [2.24, 2.45) is 0 Å². The van der Waals surface area contributed by atoms with Crippen LogP contribution in [0.5, 0.6) is 0 Å². The molecule has 0 aliphatic heterocycles. The first-order valence-electron chi connectivity index (χ1n) is 11.5. The van der Waals surface area contributed by atoms with Crippen LogP contribution in [0.2, 0.25) is 0 Å². The van der Waals surface area contributed by atoms with Crippen LogP contribution in [-0.4, -0.2) is 50.0 Å². The van der Waals surface area contributed by atoms with E-state index in [1.807, 2.05) is 71.0 Å². The van der Waals surface area contributed by atoms with Crippen molar-refractivity contribution in [3.63, 3.8) is 0 Å². The molecule has 0 aliphatic rings.